The molecule has 0 N–H and O–H groups in total. The van der Waals surface area contributed by atoms with Gasteiger partial charge in [0.15, 0.2) is 11.4 Å². The van der Waals surface area contributed by atoms with E-state index in [2.05, 4.69) is 41.3 Å². The van der Waals surface area contributed by atoms with Crippen molar-refractivity contribution in [3.05, 3.63) is 101 Å². The molecule has 3 aromatic carbocycles. The van der Waals surface area contributed by atoms with Gasteiger partial charge in [-0.05, 0) is 89.5 Å². The van der Waals surface area contributed by atoms with E-state index in [0.29, 0.717) is 0 Å². The maximum Gasteiger partial charge on any atom is 0.350 e. The summed E-state index contributed by atoms with van der Waals surface area (Å²) >= 11 is 0. The smallest absolute Gasteiger partial charge is 0.350 e. The number of nitrogens with zero attached hydrogens (tertiary/aromatic N) is 1. The number of ether oxygens (including phenoxy) is 2. The summed E-state index contributed by atoms with van der Waals surface area (Å²) in [5, 5.41) is 0. The van der Waals surface area contributed by atoms with Crippen molar-refractivity contribution in [3.8, 4) is 5.75 Å². The highest BCUT2D eigenvalue weighted by molar-refractivity contribution is 5.98. The highest BCUT2D eigenvalue weighted by Crippen LogP contribution is 2.34. The molecular formula is C36H45NO4. The standard InChI is InChI=1S/C36H45NO4/c1-25-20-28(21-26(2)33(25)40-36(6,7)34(39)41-35(3,4)5)18-19-30-23-37(22-27-14-10-8-11-15-27)24-31(30)32(38)29-16-12-9-13-17-29/h8-17,20-21,30-31H,18-19,22-24H2,1-7H3/t30-,31-/m0/s1. The molecule has 0 amide bonds. The number of rotatable bonds is 10. The maximum atomic E-state index is 13.6. The molecule has 1 aliphatic heterocycles. The Balaban J connectivity index is 1.47. The van der Waals surface area contributed by atoms with Crippen LogP contribution >= 0.6 is 0 Å². The number of esters is 1. The Morgan fingerprint density at radius 2 is 1.41 bits per heavy atom. The van der Waals surface area contributed by atoms with E-state index >= 15 is 0 Å². The van der Waals surface area contributed by atoms with Gasteiger partial charge in [0.05, 0.1) is 0 Å². The van der Waals surface area contributed by atoms with E-state index in [1.54, 1.807) is 13.8 Å². The van der Waals surface area contributed by atoms with E-state index in [-0.39, 0.29) is 23.6 Å². The van der Waals surface area contributed by atoms with Gasteiger partial charge in [0.2, 0.25) is 0 Å². The zero-order chi connectivity index (χ0) is 29.8. The van der Waals surface area contributed by atoms with Gasteiger partial charge in [0.1, 0.15) is 11.4 Å². The lowest BCUT2D eigenvalue weighted by Crippen LogP contribution is -2.43. The molecule has 5 nitrogen and oxygen atoms in total. The Kier molecular flexibility index (Phi) is 9.38. The Bertz CT molecular complexity index is 1320. The molecule has 4 rings (SSSR count). The summed E-state index contributed by atoms with van der Waals surface area (Å²) in [6.45, 7) is 15.6. The first kappa shape index (κ1) is 30.5. The van der Waals surface area contributed by atoms with E-state index in [1.165, 1.54) is 11.1 Å². The first-order valence-electron chi connectivity index (χ1n) is 14.7. The molecule has 0 aliphatic carbocycles. The quantitative estimate of drug-likeness (QED) is 0.193. The van der Waals surface area contributed by atoms with Gasteiger partial charge in [-0.1, -0.05) is 72.8 Å². The zero-order valence-electron chi connectivity index (χ0n) is 25.7. The van der Waals surface area contributed by atoms with Crippen molar-refractivity contribution in [2.75, 3.05) is 13.1 Å². The van der Waals surface area contributed by atoms with Crippen LogP contribution in [0.1, 0.15) is 73.7 Å². The van der Waals surface area contributed by atoms with Crippen LogP contribution in [-0.4, -0.2) is 40.9 Å². The van der Waals surface area contributed by atoms with Crippen LogP contribution in [0.2, 0.25) is 0 Å². The van der Waals surface area contributed by atoms with Crippen LogP contribution in [0.5, 0.6) is 5.75 Å². The molecule has 0 bridgehead atoms. The number of ketones is 1. The van der Waals surface area contributed by atoms with Crippen molar-refractivity contribution in [2.45, 2.75) is 79.1 Å². The molecule has 5 heteroatoms. The van der Waals surface area contributed by atoms with Crippen molar-refractivity contribution >= 4 is 11.8 Å². The fraction of sp³-hybridized carbons (Fsp3) is 0.444. The van der Waals surface area contributed by atoms with Gasteiger partial charge in [-0.15, -0.1) is 0 Å². The SMILES string of the molecule is Cc1cc(CC[C@H]2CN(Cc3ccccc3)C[C@@H]2C(=O)c2ccccc2)cc(C)c1OC(C)(C)C(=O)OC(C)(C)C. The van der Waals surface area contributed by atoms with Crippen LogP contribution in [-0.2, 0) is 22.5 Å². The van der Waals surface area contributed by atoms with Crippen LogP contribution in [0.15, 0.2) is 72.8 Å². The van der Waals surface area contributed by atoms with Crippen LogP contribution in [0.3, 0.4) is 0 Å². The molecule has 0 spiro atoms. The third-order valence-electron chi connectivity index (χ3n) is 7.73. The summed E-state index contributed by atoms with van der Waals surface area (Å²) in [5.74, 6) is 0.821. The van der Waals surface area contributed by atoms with E-state index in [0.717, 1.165) is 54.9 Å². The number of aryl methyl sites for hydroxylation is 3. The minimum atomic E-state index is -1.11. The Morgan fingerprint density at radius 3 is 2.00 bits per heavy atom. The second-order valence-electron chi connectivity index (χ2n) is 13.0. The van der Waals surface area contributed by atoms with Crippen molar-refractivity contribution in [3.63, 3.8) is 0 Å². The molecule has 1 fully saturated rings. The molecule has 2 atom stereocenters. The third-order valence-corrected chi connectivity index (χ3v) is 7.73. The van der Waals surface area contributed by atoms with E-state index < -0.39 is 11.2 Å². The molecule has 0 radical (unpaired) electrons. The van der Waals surface area contributed by atoms with E-state index in [1.807, 2.05) is 71.0 Å². The van der Waals surface area contributed by atoms with Crippen LogP contribution in [0.25, 0.3) is 0 Å². The number of likely N-dealkylation sites (tertiary alicyclic amines) is 1. The van der Waals surface area contributed by atoms with Crippen molar-refractivity contribution < 1.29 is 19.1 Å². The first-order valence-corrected chi connectivity index (χ1v) is 14.7. The van der Waals surface area contributed by atoms with Gasteiger partial charge in [-0.2, -0.15) is 0 Å². The number of Topliss-reactive ketones (excluding diaryl/α,β-unsaturated/α-hetero) is 1. The second-order valence-corrected chi connectivity index (χ2v) is 13.0. The summed E-state index contributed by atoms with van der Waals surface area (Å²) < 4.78 is 11.8. The molecule has 1 heterocycles. The van der Waals surface area contributed by atoms with Crippen LogP contribution in [0, 0.1) is 25.7 Å². The highest BCUT2D eigenvalue weighted by Gasteiger charge is 2.38. The summed E-state index contributed by atoms with van der Waals surface area (Å²) in [5.41, 5.74) is 3.58. The third kappa shape index (κ3) is 8.07. The number of hydrogen-bond donors (Lipinski definition) is 0. The van der Waals surface area contributed by atoms with E-state index in [4.69, 9.17) is 9.47 Å². The van der Waals surface area contributed by atoms with Gasteiger partial charge < -0.3 is 9.47 Å². The lowest BCUT2D eigenvalue weighted by molar-refractivity contribution is -0.171. The second kappa shape index (κ2) is 12.6. The topological polar surface area (TPSA) is 55.8 Å². The summed E-state index contributed by atoms with van der Waals surface area (Å²) in [4.78, 5) is 28.8. The van der Waals surface area contributed by atoms with Gasteiger partial charge in [0.25, 0.3) is 0 Å². The molecule has 0 saturated carbocycles. The molecule has 1 aliphatic rings. The fourth-order valence-electron chi connectivity index (χ4n) is 5.73. The Hall–Kier alpha value is -3.44. The van der Waals surface area contributed by atoms with E-state index in [9.17, 15) is 9.59 Å². The molecule has 0 unspecified atom stereocenters. The molecule has 3 aromatic rings. The molecule has 218 valence electrons. The minimum Gasteiger partial charge on any atom is -0.476 e. The fourth-order valence-corrected chi connectivity index (χ4v) is 5.73. The number of carbonyl (C=O) groups is 2. The number of carbonyl (C=O) groups excluding carboxylic acids is 2. The average molecular weight is 556 g/mol. The predicted molar refractivity (Wildman–Crippen MR) is 164 cm³/mol. The first-order chi connectivity index (χ1) is 19.3. The minimum absolute atomic E-state index is 0.0273. The van der Waals surface area contributed by atoms with Crippen molar-refractivity contribution in [2.24, 2.45) is 11.8 Å². The van der Waals surface area contributed by atoms with Crippen molar-refractivity contribution in [1.29, 1.82) is 0 Å². The van der Waals surface area contributed by atoms with Crippen molar-refractivity contribution in [1.82, 2.24) is 4.90 Å². The summed E-state index contributed by atoms with van der Waals surface area (Å²) in [6, 6.07) is 24.5. The van der Waals surface area contributed by atoms with Crippen LogP contribution in [0.4, 0.5) is 0 Å². The van der Waals surface area contributed by atoms with Crippen LogP contribution < -0.4 is 4.74 Å². The van der Waals surface area contributed by atoms with Gasteiger partial charge in [-0.25, -0.2) is 4.79 Å². The lowest BCUT2D eigenvalue weighted by atomic mass is 9.84. The number of hydrogen-bond acceptors (Lipinski definition) is 5. The zero-order valence-corrected chi connectivity index (χ0v) is 25.7. The predicted octanol–water partition coefficient (Wildman–Crippen LogP) is 7.37. The molecule has 41 heavy (non-hydrogen) atoms. The number of benzene rings is 3. The van der Waals surface area contributed by atoms with Gasteiger partial charge >= 0.3 is 5.97 Å². The average Bonchev–Trinajstić information content (AvgIpc) is 3.31. The van der Waals surface area contributed by atoms with Gasteiger partial charge in [-0.3, -0.25) is 9.69 Å². The van der Waals surface area contributed by atoms with Gasteiger partial charge in [0, 0.05) is 31.1 Å². The highest BCUT2D eigenvalue weighted by atomic mass is 16.6. The molecular weight excluding hydrogens is 510 g/mol. The Morgan fingerprint density at radius 1 is 0.829 bits per heavy atom. The normalized spacial score (nSPS) is 17.8. The summed E-state index contributed by atoms with van der Waals surface area (Å²) in [7, 11) is 0. The molecule has 1 saturated heterocycles. The largest absolute Gasteiger partial charge is 0.476 e. The summed E-state index contributed by atoms with van der Waals surface area (Å²) in [6.07, 6.45) is 1.80. The Labute approximate surface area is 245 Å². The monoisotopic (exact) mass is 555 g/mol. The molecule has 0 aromatic heterocycles. The maximum absolute atomic E-state index is 13.6. The lowest BCUT2D eigenvalue weighted by Gasteiger charge is -2.30.